The summed E-state index contributed by atoms with van der Waals surface area (Å²) in [6.45, 7) is 18.0. The maximum atomic E-state index is 5.23. The molecule has 66 heavy (non-hydrogen) atoms. The van der Waals surface area contributed by atoms with Gasteiger partial charge in [-0.25, -0.2) is 24.9 Å². The van der Waals surface area contributed by atoms with Gasteiger partial charge in [0.1, 0.15) is 11.6 Å². The highest BCUT2D eigenvalue weighted by molar-refractivity contribution is 5.85. The molecule has 326 valence electrons. The topological polar surface area (TPSA) is 74.3 Å². The van der Waals surface area contributed by atoms with Crippen LogP contribution in [0.2, 0.25) is 0 Å². The van der Waals surface area contributed by atoms with E-state index in [4.69, 9.17) is 24.9 Å². The zero-order valence-electron chi connectivity index (χ0n) is 39.0. The minimum absolute atomic E-state index is 0.393. The van der Waals surface area contributed by atoms with Gasteiger partial charge in [-0.2, -0.15) is 0 Å². The van der Waals surface area contributed by atoms with Gasteiger partial charge in [-0.05, 0) is 143 Å². The fourth-order valence-electron chi connectivity index (χ4n) is 8.78. The van der Waals surface area contributed by atoms with Crippen molar-refractivity contribution in [1.82, 2.24) is 34.1 Å². The smallest absolute Gasteiger partial charge is 0.164 e. The average Bonchev–Trinajstić information content (AvgIpc) is 3.94. The summed E-state index contributed by atoms with van der Waals surface area (Å²) in [4.78, 5) is 25.8. The highest BCUT2D eigenvalue weighted by atomic mass is 15.1. The largest absolute Gasteiger partial charge is 0.292 e. The summed E-state index contributed by atoms with van der Waals surface area (Å²) < 4.78 is 4.55. The van der Waals surface area contributed by atoms with E-state index in [1.165, 1.54) is 22.3 Å². The van der Waals surface area contributed by atoms with Crippen molar-refractivity contribution in [1.29, 1.82) is 0 Å². The molecule has 3 heterocycles. The predicted molar refractivity (Wildman–Crippen MR) is 273 cm³/mol. The summed E-state index contributed by atoms with van der Waals surface area (Å²) in [5, 5.41) is 0. The summed E-state index contributed by atoms with van der Waals surface area (Å²) in [6.07, 6.45) is 0. The van der Waals surface area contributed by atoms with Gasteiger partial charge in [0.05, 0.1) is 22.1 Å². The van der Waals surface area contributed by atoms with Crippen LogP contribution in [0, 0.1) is 0 Å². The number of hydrogen-bond donors (Lipinski definition) is 0. The van der Waals surface area contributed by atoms with E-state index < -0.39 is 0 Å². The Morgan fingerprint density at radius 1 is 0.303 bits per heavy atom. The highest BCUT2D eigenvalue weighted by Gasteiger charge is 2.21. The standard InChI is InChI=1S/C59H55N7/c1-36(2)43-30-44(37(3)4)33-47(32-43)58-60-51-18-12-14-20-53(51)65(58)49-26-22-41(23-27-49)56-62-55(40-16-10-9-11-17-40)63-57(64-56)42-24-28-50(29-25-42)66-54-21-15-13-19-52(54)61-59(66)48-34-45(38(5)6)31-46(35-48)39(7)8/h9-39H,1-8H3. The van der Waals surface area contributed by atoms with E-state index in [-0.39, 0.29) is 0 Å². The molecular formula is C59H55N7. The van der Waals surface area contributed by atoms with Crippen LogP contribution in [0.3, 0.4) is 0 Å². The summed E-state index contributed by atoms with van der Waals surface area (Å²) in [6, 6.07) is 57.8. The van der Waals surface area contributed by atoms with Crippen LogP contribution in [-0.4, -0.2) is 34.1 Å². The van der Waals surface area contributed by atoms with Gasteiger partial charge < -0.3 is 0 Å². The molecule has 3 aromatic heterocycles. The molecule has 0 unspecified atom stereocenters. The van der Waals surface area contributed by atoms with E-state index in [1.54, 1.807) is 0 Å². The number of nitrogens with zero attached hydrogens (tertiary/aromatic N) is 7. The van der Waals surface area contributed by atoms with Gasteiger partial charge in [0.2, 0.25) is 0 Å². The quantitative estimate of drug-likeness (QED) is 0.129. The fourth-order valence-corrected chi connectivity index (χ4v) is 8.78. The second-order valence-corrected chi connectivity index (χ2v) is 18.7. The Morgan fingerprint density at radius 2 is 0.621 bits per heavy atom. The van der Waals surface area contributed by atoms with Crippen LogP contribution in [-0.2, 0) is 0 Å². The Morgan fingerprint density at radius 3 is 0.970 bits per heavy atom. The lowest BCUT2D eigenvalue weighted by atomic mass is 9.93. The van der Waals surface area contributed by atoms with Crippen LogP contribution in [0.4, 0.5) is 0 Å². The Hall–Kier alpha value is -7.51. The normalized spacial score (nSPS) is 11.9. The number of imidazole rings is 2. The maximum absolute atomic E-state index is 5.23. The van der Waals surface area contributed by atoms with Crippen molar-refractivity contribution in [3.8, 4) is 68.3 Å². The van der Waals surface area contributed by atoms with E-state index in [2.05, 4.69) is 198 Å². The van der Waals surface area contributed by atoms with Crippen molar-refractivity contribution in [3.05, 3.63) is 186 Å². The first-order chi connectivity index (χ1) is 32.0. The molecule has 7 nitrogen and oxygen atoms in total. The van der Waals surface area contributed by atoms with Crippen molar-refractivity contribution in [2.75, 3.05) is 0 Å². The third kappa shape index (κ3) is 8.11. The molecule has 0 aliphatic carbocycles. The van der Waals surface area contributed by atoms with Crippen LogP contribution < -0.4 is 0 Å². The molecule has 0 spiro atoms. The zero-order chi connectivity index (χ0) is 45.6. The summed E-state index contributed by atoms with van der Waals surface area (Å²) >= 11 is 0. The Labute approximate surface area is 388 Å². The SMILES string of the molecule is CC(C)c1cc(-c2nc3ccccc3n2-c2ccc(-c3nc(-c4ccccc4)nc(-c4ccc(-n5c(-c6cc(C(C)C)cc(C(C)C)c6)nc6ccccc65)cc4)n3)cc2)cc(C(C)C)c1. The van der Waals surface area contributed by atoms with Gasteiger partial charge in [0, 0.05) is 39.2 Å². The third-order valence-corrected chi connectivity index (χ3v) is 12.7. The minimum atomic E-state index is 0.393. The summed E-state index contributed by atoms with van der Waals surface area (Å²) in [5.41, 5.74) is 16.2. The lowest BCUT2D eigenvalue weighted by Crippen LogP contribution is -2.02. The van der Waals surface area contributed by atoms with Gasteiger partial charge in [-0.15, -0.1) is 0 Å². The Bertz CT molecular complexity index is 3100. The van der Waals surface area contributed by atoms with Crippen LogP contribution in [0.15, 0.2) is 164 Å². The van der Waals surface area contributed by atoms with E-state index in [9.17, 15) is 0 Å². The molecular weight excluding hydrogens is 807 g/mol. The van der Waals surface area contributed by atoms with Gasteiger partial charge in [0.15, 0.2) is 17.5 Å². The molecule has 0 aliphatic heterocycles. The summed E-state index contributed by atoms with van der Waals surface area (Å²) in [7, 11) is 0. The lowest BCUT2D eigenvalue weighted by Gasteiger charge is -2.16. The van der Waals surface area contributed by atoms with Crippen molar-refractivity contribution < 1.29 is 0 Å². The molecule has 10 rings (SSSR count). The number of benzene rings is 7. The average molecular weight is 862 g/mol. The molecule has 7 aromatic carbocycles. The zero-order valence-corrected chi connectivity index (χ0v) is 39.0. The first-order valence-electron chi connectivity index (χ1n) is 23.3. The van der Waals surface area contributed by atoms with Gasteiger partial charge in [-0.1, -0.05) is 122 Å². The van der Waals surface area contributed by atoms with E-state index in [0.29, 0.717) is 41.1 Å². The highest BCUT2D eigenvalue weighted by Crippen LogP contribution is 2.36. The number of hydrogen-bond acceptors (Lipinski definition) is 5. The lowest BCUT2D eigenvalue weighted by molar-refractivity contribution is 0.833. The molecule has 0 fully saturated rings. The number of aromatic nitrogens is 7. The molecule has 0 amide bonds. The maximum Gasteiger partial charge on any atom is 0.164 e. The first kappa shape index (κ1) is 42.4. The van der Waals surface area contributed by atoms with Crippen LogP contribution in [0.25, 0.3) is 90.4 Å². The van der Waals surface area contributed by atoms with E-state index in [1.807, 2.05) is 30.3 Å². The number of para-hydroxylation sites is 4. The minimum Gasteiger partial charge on any atom is -0.292 e. The first-order valence-corrected chi connectivity index (χ1v) is 23.3. The molecule has 0 saturated heterocycles. The fraction of sp³-hybridized carbons (Fsp3) is 0.203. The second kappa shape index (κ2) is 17.5. The van der Waals surface area contributed by atoms with Crippen molar-refractivity contribution >= 4 is 22.1 Å². The predicted octanol–water partition coefficient (Wildman–Crippen LogP) is 15.4. The van der Waals surface area contributed by atoms with Gasteiger partial charge in [0.25, 0.3) is 0 Å². The monoisotopic (exact) mass is 861 g/mol. The van der Waals surface area contributed by atoms with Crippen LogP contribution in [0.1, 0.15) is 101 Å². The van der Waals surface area contributed by atoms with Crippen molar-refractivity contribution in [2.24, 2.45) is 0 Å². The number of fused-ring (bicyclic) bond motifs is 2. The molecule has 10 aromatic rings. The summed E-state index contributed by atoms with van der Waals surface area (Å²) in [5.74, 6) is 5.24. The molecule has 0 aliphatic rings. The van der Waals surface area contributed by atoms with Crippen molar-refractivity contribution in [3.63, 3.8) is 0 Å². The van der Waals surface area contributed by atoms with Crippen molar-refractivity contribution in [2.45, 2.75) is 79.1 Å². The third-order valence-electron chi connectivity index (χ3n) is 12.7. The molecule has 7 heteroatoms. The molecule has 0 saturated carbocycles. The van der Waals surface area contributed by atoms with E-state index >= 15 is 0 Å². The molecule has 0 atom stereocenters. The van der Waals surface area contributed by atoms with Crippen LogP contribution in [0.5, 0.6) is 0 Å². The van der Waals surface area contributed by atoms with Gasteiger partial charge in [-0.3, -0.25) is 9.13 Å². The second-order valence-electron chi connectivity index (χ2n) is 18.7. The van der Waals surface area contributed by atoms with Gasteiger partial charge >= 0.3 is 0 Å². The van der Waals surface area contributed by atoms with Crippen LogP contribution >= 0.6 is 0 Å². The molecule has 0 N–H and O–H groups in total. The Kier molecular flexibility index (Phi) is 11.2. The molecule has 0 bridgehead atoms. The molecule has 0 radical (unpaired) electrons. The van der Waals surface area contributed by atoms with E-state index in [0.717, 1.165) is 72.9 Å². The Balaban J connectivity index is 1.06. The number of rotatable bonds is 11.